The quantitative estimate of drug-likeness (QED) is 0.216. The first kappa shape index (κ1) is 21.1. The highest BCUT2D eigenvalue weighted by Crippen LogP contribution is 2.09. The smallest absolute Gasteiger partial charge is 0.275 e. The molecule has 0 heterocycles. The summed E-state index contributed by atoms with van der Waals surface area (Å²) >= 11 is 0. The van der Waals surface area contributed by atoms with Crippen LogP contribution in [0.5, 0.6) is 0 Å². The van der Waals surface area contributed by atoms with E-state index in [1.54, 1.807) is 12.1 Å². The van der Waals surface area contributed by atoms with Crippen LogP contribution >= 0.6 is 0 Å². The second-order valence-electron chi connectivity index (χ2n) is 5.16. The molecule has 0 fully saturated rings. The molecule has 4 N–H and O–H groups in total. The monoisotopic (exact) mass is 363 g/mol. The van der Waals surface area contributed by atoms with Gasteiger partial charge in [0.15, 0.2) is 6.04 Å². The highest BCUT2D eigenvalue weighted by molar-refractivity contribution is 6.08. The molecule has 2 atom stereocenters. The maximum atomic E-state index is 12.5. The summed E-state index contributed by atoms with van der Waals surface area (Å²) in [5, 5.41) is 20.0. The van der Waals surface area contributed by atoms with Gasteiger partial charge in [-0.1, -0.05) is 11.8 Å². The van der Waals surface area contributed by atoms with Gasteiger partial charge < -0.3 is 20.1 Å². The Hall–Kier alpha value is -2.93. The van der Waals surface area contributed by atoms with Crippen molar-refractivity contribution in [3.63, 3.8) is 0 Å². The van der Waals surface area contributed by atoms with Crippen LogP contribution in [0.3, 0.4) is 0 Å². The molecule has 1 aromatic carbocycles. The number of likely N-dealkylation sites (N-methyl/N-ethyl adjacent to an activating group) is 2. The van der Waals surface area contributed by atoms with E-state index in [1.807, 2.05) is 0 Å². The highest BCUT2D eigenvalue weighted by atomic mass is 16.5. The number of nitrogens with zero attached hydrogens (tertiary/aromatic N) is 1. The Morgan fingerprint density at radius 1 is 1.23 bits per heavy atom. The van der Waals surface area contributed by atoms with Gasteiger partial charge in [0.2, 0.25) is 0 Å². The number of hydrogen-bond donors (Lipinski definition) is 4. The Morgan fingerprint density at radius 2 is 1.85 bits per heavy atom. The maximum Gasteiger partial charge on any atom is 0.275 e. The fourth-order valence-corrected chi connectivity index (χ4v) is 2.03. The molecule has 2 unspecified atom stereocenters. The molecule has 0 saturated heterocycles. The van der Waals surface area contributed by atoms with E-state index in [9.17, 15) is 14.4 Å². The van der Waals surface area contributed by atoms with Gasteiger partial charge in [0.25, 0.3) is 17.7 Å². The number of methoxy groups -OCH3 is 1. The summed E-state index contributed by atoms with van der Waals surface area (Å²) in [7, 11) is 4.01. The van der Waals surface area contributed by atoms with Crippen LogP contribution in [0.4, 0.5) is 0 Å². The number of benzene rings is 1. The highest BCUT2D eigenvalue weighted by Gasteiger charge is 2.33. The van der Waals surface area contributed by atoms with Crippen molar-refractivity contribution in [1.29, 1.82) is 0 Å². The Labute approximate surface area is 150 Å². The first-order chi connectivity index (χ1) is 12.4. The second-order valence-corrected chi connectivity index (χ2v) is 5.16. The molecule has 0 aliphatic carbocycles. The zero-order valence-electron chi connectivity index (χ0n) is 14.6. The summed E-state index contributed by atoms with van der Waals surface area (Å²) in [5.74, 6) is 3.15. The number of hydrogen-bond acceptors (Lipinski definition) is 6. The SMILES string of the molecule is CNC(=O)C(C(=O)NO)N(C)C(=O)c1ccc(C#CC(CO)OC)cc1. The largest absolute Gasteiger partial charge is 0.393 e. The number of ether oxygens (including phenoxy) is 1. The molecular weight excluding hydrogens is 342 g/mol. The fraction of sp³-hybridized carbons (Fsp3) is 0.353. The molecule has 0 aliphatic heterocycles. The molecule has 1 rings (SSSR count). The molecule has 26 heavy (non-hydrogen) atoms. The van der Waals surface area contributed by atoms with Crippen molar-refractivity contribution in [2.24, 2.45) is 0 Å². The van der Waals surface area contributed by atoms with Crippen LogP contribution in [0.1, 0.15) is 15.9 Å². The molecule has 0 radical (unpaired) electrons. The van der Waals surface area contributed by atoms with E-state index >= 15 is 0 Å². The number of carbonyl (C=O) groups is 3. The average Bonchev–Trinajstić information content (AvgIpc) is 2.68. The van der Waals surface area contributed by atoms with Gasteiger partial charge >= 0.3 is 0 Å². The van der Waals surface area contributed by atoms with Crippen molar-refractivity contribution in [2.45, 2.75) is 12.1 Å². The lowest BCUT2D eigenvalue weighted by Gasteiger charge is -2.25. The predicted octanol–water partition coefficient (Wildman–Crippen LogP) is -1.26. The van der Waals surface area contributed by atoms with E-state index in [-0.39, 0.29) is 12.2 Å². The van der Waals surface area contributed by atoms with Crippen molar-refractivity contribution in [1.82, 2.24) is 15.7 Å². The van der Waals surface area contributed by atoms with E-state index < -0.39 is 29.9 Å². The Morgan fingerprint density at radius 3 is 2.31 bits per heavy atom. The van der Waals surface area contributed by atoms with Gasteiger partial charge in [-0.3, -0.25) is 19.6 Å². The summed E-state index contributed by atoms with van der Waals surface area (Å²) in [6, 6.07) is 4.62. The number of nitrogens with one attached hydrogen (secondary N) is 2. The van der Waals surface area contributed by atoms with Crippen LogP contribution in [0.25, 0.3) is 0 Å². The van der Waals surface area contributed by atoms with Crippen LogP contribution in [0.2, 0.25) is 0 Å². The second kappa shape index (κ2) is 10.1. The van der Waals surface area contributed by atoms with E-state index in [0.29, 0.717) is 5.56 Å². The van der Waals surface area contributed by atoms with Gasteiger partial charge in [-0.15, -0.1) is 0 Å². The molecule has 0 spiro atoms. The Balaban J connectivity index is 2.98. The maximum absolute atomic E-state index is 12.5. The summed E-state index contributed by atoms with van der Waals surface area (Å²) in [6.07, 6.45) is -0.604. The fourth-order valence-electron chi connectivity index (χ4n) is 2.03. The van der Waals surface area contributed by atoms with Gasteiger partial charge in [0, 0.05) is 32.3 Å². The van der Waals surface area contributed by atoms with Crippen molar-refractivity contribution in [3.05, 3.63) is 35.4 Å². The van der Waals surface area contributed by atoms with Crippen LogP contribution in [0.15, 0.2) is 24.3 Å². The lowest BCUT2D eigenvalue weighted by Crippen LogP contribution is -2.54. The molecule has 9 nitrogen and oxygen atoms in total. The van der Waals surface area contributed by atoms with Gasteiger partial charge in [-0.2, -0.15) is 0 Å². The van der Waals surface area contributed by atoms with Gasteiger partial charge in [0.05, 0.1) is 6.61 Å². The Kier molecular flexibility index (Phi) is 8.24. The molecule has 0 aliphatic rings. The van der Waals surface area contributed by atoms with E-state index in [1.165, 1.54) is 38.8 Å². The van der Waals surface area contributed by atoms with Gasteiger partial charge in [-0.05, 0) is 24.3 Å². The number of rotatable bonds is 6. The van der Waals surface area contributed by atoms with Crippen LogP contribution < -0.4 is 10.8 Å². The summed E-state index contributed by atoms with van der Waals surface area (Å²) in [6.45, 7) is -0.237. The van der Waals surface area contributed by atoms with E-state index in [0.717, 1.165) is 4.90 Å². The minimum atomic E-state index is -1.52. The number of aliphatic hydroxyl groups excluding tert-OH is 1. The first-order valence-electron chi connectivity index (χ1n) is 7.57. The summed E-state index contributed by atoms with van der Waals surface area (Å²) in [4.78, 5) is 36.9. The zero-order chi connectivity index (χ0) is 19.7. The number of amides is 3. The van der Waals surface area contributed by atoms with Crippen LogP contribution in [-0.4, -0.2) is 72.9 Å². The third-order valence-corrected chi connectivity index (χ3v) is 3.52. The number of aliphatic hydroxyl groups is 1. The van der Waals surface area contributed by atoms with Crippen molar-refractivity contribution in [2.75, 3.05) is 27.8 Å². The standard InChI is InChI=1S/C17H21N3O6/c1-18-15(22)14(16(23)19-25)20(2)17(24)12-7-4-11(5-8-12)6-9-13(10-21)26-3/h4-5,7-8,13-14,21,25H,10H2,1-3H3,(H,18,22)(H,19,23). The van der Waals surface area contributed by atoms with Crippen molar-refractivity contribution in [3.8, 4) is 11.8 Å². The third kappa shape index (κ3) is 5.29. The zero-order valence-corrected chi connectivity index (χ0v) is 14.6. The van der Waals surface area contributed by atoms with E-state index in [2.05, 4.69) is 17.2 Å². The first-order valence-corrected chi connectivity index (χ1v) is 7.57. The normalized spacial score (nSPS) is 12.2. The molecule has 1 aromatic rings. The van der Waals surface area contributed by atoms with Gasteiger partial charge in [-0.25, -0.2) is 5.48 Å². The lowest BCUT2D eigenvalue weighted by atomic mass is 10.1. The molecule has 0 aromatic heterocycles. The molecule has 0 bridgehead atoms. The van der Waals surface area contributed by atoms with Crippen molar-refractivity contribution >= 4 is 17.7 Å². The number of carbonyl (C=O) groups excluding carboxylic acids is 3. The number of hydroxylamine groups is 1. The van der Waals surface area contributed by atoms with Gasteiger partial charge in [0.1, 0.15) is 6.10 Å². The lowest BCUT2D eigenvalue weighted by molar-refractivity contribution is -0.140. The molecular formula is C17H21N3O6. The minimum absolute atomic E-state index is 0.225. The minimum Gasteiger partial charge on any atom is -0.393 e. The molecule has 9 heteroatoms. The summed E-state index contributed by atoms with van der Waals surface area (Å²) < 4.78 is 4.93. The predicted molar refractivity (Wildman–Crippen MR) is 91.1 cm³/mol. The summed E-state index contributed by atoms with van der Waals surface area (Å²) in [5.41, 5.74) is 2.19. The molecule has 3 amide bonds. The van der Waals surface area contributed by atoms with Crippen molar-refractivity contribution < 1.29 is 29.4 Å². The topological polar surface area (TPSA) is 128 Å². The third-order valence-electron chi connectivity index (χ3n) is 3.52. The average molecular weight is 363 g/mol. The van der Waals surface area contributed by atoms with Crippen LogP contribution in [-0.2, 0) is 14.3 Å². The Bertz CT molecular complexity index is 687. The van der Waals surface area contributed by atoms with E-state index in [4.69, 9.17) is 15.1 Å². The molecule has 0 saturated carbocycles. The van der Waals surface area contributed by atoms with Crippen LogP contribution in [0, 0.1) is 11.8 Å². The molecule has 140 valence electrons.